The van der Waals surface area contributed by atoms with Gasteiger partial charge in [-0.15, -0.1) is 0 Å². The second-order valence-corrected chi connectivity index (χ2v) is 5.52. The summed E-state index contributed by atoms with van der Waals surface area (Å²) in [5, 5.41) is 7.50. The van der Waals surface area contributed by atoms with Crippen LogP contribution in [0.25, 0.3) is 0 Å². The van der Waals surface area contributed by atoms with Gasteiger partial charge in [-0.1, -0.05) is 18.0 Å². The lowest BCUT2D eigenvalue weighted by Gasteiger charge is -2.42. The first kappa shape index (κ1) is 13.5. The fourth-order valence-corrected chi connectivity index (χ4v) is 2.74. The van der Waals surface area contributed by atoms with Gasteiger partial charge in [-0.3, -0.25) is 0 Å². The van der Waals surface area contributed by atoms with Crippen molar-refractivity contribution < 1.29 is 4.74 Å². The molecule has 1 aliphatic carbocycles. The fraction of sp³-hybridized carbons (Fsp3) is 0.571. The van der Waals surface area contributed by atoms with E-state index in [4.69, 9.17) is 16.3 Å². The van der Waals surface area contributed by atoms with E-state index in [1.165, 1.54) is 19.3 Å². The van der Waals surface area contributed by atoms with Gasteiger partial charge in [0.1, 0.15) is 5.75 Å². The monoisotopic (exact) mass is 268 g/mol. The van der Waals surface area contributed by atoms with Crippen LogP contribution in [0, 0.1) is 5.41 Å². The van der Waals surface area contributed by atoms with Crippen LogP contribution in [-0.2, 0) is 0 Å². The maximum Gasteiger partial charge on any atom is 0.142 e. The minimum absolute atomic E-state index is 0.391. The van der Waals surface area contributed by atoms with Crippen molar-refractivity contribution in [2.45, 2.75) is 19.3 Å². The number of benzene rings is 1. The van der Waals surface area contributed by atoms with Gasteiger partial charge in [0.05, 0.1) is 12.8 Å². The molecule has 0 amide bonds. The summed E-state index contributed by atoms with van der Waals surface area (Å²) in [5.41, 5.74) is 1.37. The van der Waals surface area contributed by atoms with Crippen LogP contribution in [0.1, 0.15) is 19.3 Å². The second kappa shape index (κ2) is 5.81. The molecule has 0 heterocycles. The lowest BCUT2D eigenvalue weighted by atomic mass is 9.68. The van der Waals surface area contributed by atoms with Crippen LogP contribution in [0.4, 0.5) is 5.69 Å². The molecule has 1 aromatic rings. The van der Waals surface area contributed by atoms with Gasteiger partial charge in [-0.05, 0) is 38.1 Å². The van der Waals surface area contributed by atoms with E-state index < -0.39 is 0 Å². The first-order chi connectivity index (χ1) is 8.69. The Morgan fingerprint density at radius 2 is 2.11 bits per heavy atom. The number of hydrogen-bond donors (Lipinski definition) is 2. The summed E-state index contributed by atoms with van der Waals surface area (Å²) >= 11 is 6.02. The first-order valence-corrected chi connectivity index (χ1v) is 6.79. The van der Waals surface area contributed by atoms with Crippen molar-refractivity contribution in [1.29, 1.82) is 0 Å². The molecule has 100 valence electrons. The molecular weight excluding hydrogens is 248 g/mol. The van der Waals surface area contributed by atoms with Gasteiger partial charge in [-0.2, -0.15) is 0 Å². The van der Waals surface area contributed by atoms with Gasteiger partial charge in [0, 0.05) is 23.5 Å². The van der Waals surface area contributed by atoms with Crippen molar-refractivity contribution in [3.8, 4) is 5.75 Å². The predicted molar refractivity (Wildman–Crippen MR) is 76.7 cm³/mol. The lowest BCUT2D eigenvalue weighted by molar-refractivity contribution is 0.151. The van der Waals surface area contributed by atoms with E-state index in [2.05, 4.69) is 10.6 Å². The summed E-state index contributed by atoms with van der Waals surface area (Å²) in [5.74, 6) is 0.846. The van der Waals surface area contributed by atoms with Crippen molar-refractivity contribution in [3.05, 3.63) is 23.2 Å². The highest BCUT2D eigenvalue weighted by atomic mass is 35.5. The molecule has 0 bridgehead atoms. The number of ether oxygens (including phenoxy) is 1. The van der Waals surface area contributed by atoms with E-state index in [0.717, 1.165) is 29.5 Å². The van der Waals surface area contributed by atoms with Crippen LogP contribution >= 0.6 is 11.6 Å². The number of nitrogens with one attached hydrogen (secondary N) is 2. The van der Waals surface area contributed by atoms with Crippen molar-refractivity contribution >= 4 is 17.3 Å². The lowest BCUT2D eigenvalue weighted by Crippen LogP contribution is -2.44. The molecular formula is C14H21ClN2O. The Bertz CT molecular complexity index is 405. The van der Waals surface area contributed by atoms with Crippen LogP contribution in [0.15, 0.2) is 18.2 Å². The number of anilines is 1. The number of halogens is 1. The van der Waals surface area contributed by atoms with Gasteiger partial charge < -0.3 is 15.4 Å². The summed E-state index contributed by atoms with van der Waals surface area (Å²) in [7, 11) is 3.70. The van der Waals surface area contributed by atoms with E-state index in [0.29, 0.717) is 5.41 Å². The minimum atomic E-state index is 0.391. The molecule has 0 aromatic heterocycles. The molecule has 0 saturated heterocycles. The summed E-state index contributed by atoms with van der Waals surface area (Å²) < 4.78 is 5.34. The Morgan fingerprint density at radius 1 is 1.33 bits per heavy atom. The average Bonchev–Trinajstić information content (AvgIpc) is 2.32. The zero-order valence-electron chi connectivity index (χ0n) is 11.1. The topological polar surface area (TPSA) is 33.3 Å². The SMILES string of the molecule is CNCC1(CNc2cc(Cl)ccc2OC)CCC1. The standard InChI is InChI=1S/C14H21ClN2O/c1-16-9-14(6-3-7-14)10-17-12-8-11(15)4-5-13(12)18-2/h4-5,8,16-17H,3,6-7,9-10H2,1-2H3. The largest absolute Gasteiger partial charge is 0.495 e. The van der Waals surface area contributed by atoms with Gasteiger partial charge in [0.2, 0.25) is 0 Å². The number of rotatable bonds is 6. The van der Waals surface area contributed by atoms with Crippen molar-refractivity contribution in [2.24, 2.45) is 5.41 Å². The van der Waals surface area contributed by atoms with Crippen LogP contribution in [-0.4, -0.2) is 27.2 Å². The average molecular weight is 269 g/mol. The summed E-state index contributed by atoms with van der Waals surface area (Å²) in [4.78, 5) is 0. The molecule has 1 aromatic carbocycles. The van der Waals surface area contributed by atoms with Crippen LogP contribution in [0.5, 0.6) is 5.75 Å². The van der Waals surface area contributed by atoms with Crippen LogP contribution < -0.4 is 15.4 Å². The van der Waals surface area contributed by atoms with Crippen molar-refractivity contribution in [3.63, 3.8) is 0 Å². The first-order valence-electron chi connectivity index (χ1n) is 6.41. The summed E-state index contributed by atoms with van der Waals surface area (Å²) in [6, 6.07) is 5.67. The molecule has 2 N–H and O–H groups in total. The molecule has 1 saturated carbocycles. The van der Waals surface area contributed by atoms with Crippen molar-refractivity contribution in [1.82, 2.24) is 5.32 Å². The minimum Gasteiger partial charge on any atom is -0.495 e. The smallest absolute Gasteiger partial charge is 0.142 e. The molecule has 18 heavy (non-hydrogen) atoms. The zero-order chi connectivity index (χ0) is 13.0. The Balaban J connectivity index is 2.02. The van der Waals surface area contributed by atoms with E-state index >= 15 is 0 Å². The summed E-state index contributed by atoms with van der Waals surface area (Å²) in [6.07, 6.45) is 3.89. The molecule has 3 nitrogen and oxygen atoms in total. The number of hydrogen-bond acceptors (Lipinski definition) is 3. The predicted octanol–water partition coefficient (Wildman–Crippen LogP) is 3.15. The molecule has 1 fully saturated rings. The highest BCUT2D eigenvalue weighted by molar-refractivity contribution is 6.30. The molecule has 0 radical (unpaired) electrons. The van der Waals surface area contributed by atoms with Gasteiger partial charge in [-0.25, -0.2) is 0 Å². The molecule has 2 rings (SSSR count). The quantitative estimate of drug-likeness (QED) is 0.832. The molecule has 4 heteroatoms. The summed E-state index contributed by atoms with van der Waals surface area (Å²) in [6.45, 7) is 2.02. The van der Waals surface area contributed by atoms with Crippen molar-refractivity contribution in [2.75, 3.05) is 32.6 Å². The Labute approximate surface area is 114 Å². The van der Waals surface area contributed by atoms with Gasteiger partial charge in [0.15, 0.2) is 0 Å². The molecule has 0 unspecified atom stereocenters. The van der Waals surface area contributed by atoms with E-state index in [1.54, 1.807) is 7.11 Å². The Hall–Kier alpha value is -0.930. The molecule has 1 aliphatic rings. The highest BCUT2D eigenvalue weighted by Gasteiger charge is 2.36. The van der Waals surface area contributed by atoms with E-state index in [1.807, 2.05) is 25.2 Å². The second-order valence-electron chi connectivity index (χ2n) is 5.08. The Morgan fingerprint density at radius 3 is 2.67 bits per heavy atom. The maximum atomic E-state index is 6.02. The zero-order valence-corrected chi connectivity index (χ0v) is 11.8. The third kappa shape index (κ3) is 2.90. The highest BCUT2D eigenvalue weighted by Crippen LogP contribution is 2.41. The molecule has 0 atom stereocenters. The van der Waals surface area contributed by atoms with E-state index in [-0.39, 0.29) is 0 Å². The maximum absolute atomic E-state index is 6.02. The fourth-order valence-electron chi connectivity index (χ4n) is 2.57. The molecule has 0 spiro atoms. The third-order valence-electron chi connectivity index (χ3n) is 3.78. The van der Waals surface area contributed by atoms with Crippen LogP contribution in [0.2, 0.25) is 5.02 Å². The van der Waals surface area contributed by atoms with Gasteiger partial charge in [0.25, 0.3) is 0 Å². The molecule has 0 aliphatic heterocycles. The normalized spacial score (nSPS) is 17.1. The Kier molecular flexibility index (Phi) is 4.36. The number of methoxy groups -OCH3 is 1. The van der Waals surface area contributed by atoms with Crippen LogP contribution in [0.3, 0.4) is 0 Å². The van der Waals surface area contributed by atoms with E-state index in [9.17, 15) is 0 Å². The van der Waals surface area contributed by atoms with Gasteiger partial charge >= 0.3 is 0 Å². The third-order valence-corrected chi connectivity index (χ3v) is 4.02.